The van der Waals surface area contributed by atoms with Gasteiger partial charge in [0.15, 0.2) is 0 Å². The van der Waals surface area contributed by atoms with Gasteiger partial charge in [0, 0.05) is 25.0 Å². The summed E-state index contributed by atoms with van der Waals surface area (Å²) in [5.74, 6) is -1.30. The molecule has 30 heavy (non-hydrogen) atoms. The lowest BCUT2D eigenvalue weighted by atomic mass is 10.1. The van der Waals surface area contributed by atoms with Crippen LogP contribution < -0.4 is 9.80 Å². The molecule has 2 aliphatic heterocycles. The largest absolute Gasteiger partial charge is 0.465 e. The smallest absolute Gasteiger partial charge is 0.355 e. The molecule has 1 fully saturated rings. The molecule has 2 atom stereocenters. The van der Waals surface area contributed by atoms with Gasteiger partial charge in [0.2, 0.25) is 0 Å². The Labute approximate surface area is 181 Å². The van der Waals surface area contributed by atoms with Crippen LogP contribution in [-0.2, 0) is 23.8 Å². The molecular formula is C22H25ClN2O5. The first-order valence-electron chi connectivity index (χ1n) is 9.60. The molecule has 0 bridgehead atoms. The SMILES string of the molecule is COC(=O)C1=C(C(=O)OC)N(c2ccc(N3CC(C)OC(C)C3)c(Cl)c2)C=CC=C1. The summed E-state index contributed by atoms with van der Waals surface area (Å²) in [6.45, 7) is 5.52. The predicted octanol–water partition coefficient (Wildman–Crippen LogP) is 3.44. The Hall–Kier alpha value is -2.77. The number of rotatable bonds is 4. The Kier molecular flexibility index (Phi) is 6.84. The highest BCUT2D eigenvalue weighted by molar-refractivity contribution is 6.33. The van der Waals surface area contributed by atoms with Crippen molar-refractivity contribution in [1.29, 1.82) is 0 Å². The topological polar surface area (TPSA) is 68.3 Å². The molecule has 0 aromatic heterocycles. The van der Waals surface area contributed by atoms with E-state index in [2.05, 4.69) is 4.90 Å². The monoisotopic (exact) mass is 432 g/mol. The van der Waals surface area contributed by atoms with Crippen LogP contribution in [0.4, 0.5) is 11.4 Å². The molecule has 0 N–H and O–H groups in total. The first-order chi connectivity index (χ1) is 14.3. The average molecular weight is 433 g/mol. The maximum atomic E-state index is 12.6. The van der Waals surface area contributed by atoms with Gasteiger partial charge in [-0.15, -0.1) is 0 Å². The van der Waals surface area contributed by atoms with Gasteiger partial charge in [0.1, 0.15) is 5.70 Å². The van der Waals surface area contributed by atoms with Gasteiger partial charge in [-0.25, -0.2) is 9.59 Å². The molecule has 0 amide bonds. The molecule has 7 nitrogen and oxygen atoms in total. The summed E-state index contributed by atoms with van der Waals surface area (Å²) < 4.78 is 15.6. The van der Waals surface area contributed by atoms with Crippen molar-refractivity contribution in [3.63, 3.8) is 0 Å². The lowest BCUT2D eigenvalue weighted by molar-refractivity contribution is -0.139. The van der Waals surface area contributed by atoms with Gasteiger partial charge in [-0.2, -0.15) is 0 Å². The maximum Gasteiger partial charge on any atom is 0.355 e. The molecule has 2 aliphatic rings. The summed E-state index contributed by atoms with van der Waals surface area (Å²) in [4.78, 5) is 28.6. The van der Waals surface area contributed by atoms with Crippen molar-refractivity contribution in [2.45, 2.75) is 26.1 Å². The highest BCUT2D eigenvalue weighted by Gasteiger charge is 2.29. The van der Waals surface area contributed by atoms with Crippen LogP contribution in [0.1, 0.15) is 13.8 Å². The number of allylic oxidation sites excluding steroid dienone is 2. The predicted molar refractivity (Wildman–Crippen MR) is 115 cm³/mol. The summed E-state index contributed by atoms with van der Waals surface area (Å²) >= 11 is 6.63. The Morgan fingerprint density at radius 3 is 2.33 bits per heavy atom. The Balaban J connectivity index is 2.02. The zero-order valence-electron chi connectivity index (χ0n) is 17.4. The van der Waals surface area contributed by atoms with E-state index in [4.69, 9.17) is 25.8 Å². The van der Waals surface area contributed by atoms with Crippen LogP contribution >= 0.6 is 11.6 Å². The fraction of sp³-hybridized carbons (Fsp3) is 0.364. The summed E-state index contributed by atoms with van der Waals surface area (Å²) in [5.41, 5.74) is 1.63. The van der Waals surface area contributed by atoms with Crippen molar-refractivity contribution >= 4 is 34.9 Å². The van der Waals surface area contributed by atoms with Gasteiger partial charge in [-0.1, -0.05) is 17.7 Å². The number of hydrogen-bond donors (Lipinski definition) is 0. The number of morpholine rings is 1. The number of hydrogen-bond acceptors (Lipinski definition) is 7. The van der Waals surface area contributed by atoms with Crippen molar-refractivity contribution in [3.05, 3.63) is 58.9 Å². The van der Waals surface area contributed by atoms with Crippen molar-refractivity contribution in [2.24, 2.45) is 0 Å². The van der Waals surface area contributed by atoms with Gasteiger partial charge in [0.05, 0.1) is 42.7 Å². The standard InChI is InChI=1S/C22H25ClN2O5/c1-14-12-24(13-15(2)30-14)19-9-8-16(11-18(19)23)25-10-6-5-7-17(21(26)28-3)20(25)22(27)29-4/h5-11,14-15H,12-13H2,1-4H3. The molecule has 160 valence electrons. The van der Waals surface area contributed by atoms with Crippen LogP contribution in [0, 0.1) is 0 Å². The van der Waals surface area contributed by atoms with E-state index >= 15 is 0 Å². The van der Waals surface area contributed by atoms with Crippen LogP contribution in [-0.4, -0.2) is 51.5 Å². The van der Waals surface area contributed by atoms with E-state index in [0.717, 1.165) is 18.8 Å². The lowest BCUT2D eigenvalue weighted by Gasteiger charge is -2.37. The quantitative estimate of drug-likeness (QED) is 0.675. The molecule has 1 saturated heterocycles. The third-order valence-electron chi connectivity index (χ3n) is 4.86. The molecular weight excluding hydrogens is 408 g/mol. The normalized spacial score (nSPS) is 21.5. The van der Waals surface area contributed by atoms with Crippen LogP contribution in [0.15, 0.2) is 53.9 Å². The third kappa shape index (κ3) is 4.52. The summed E-state index contributed by atoms with van der Waals surface area (Å²) in [6.07, 6.45) is 6.75. The molecule has 0 spiro atoms. The number of nitrogens with zero attached hydrogens (tertiary/aromatic N) is 2. The van der Waals surface area contributed by atoms with E-state index < -0.39 is 11.9 Å². The number of benzene rings is 1. The number of esters is 2. The van der Waals surface area contributed by atoms with Gasteiger partial charge < -0.3 is 24.0 Å². The summed E-state index contributed by atoms with van der Waals surface area (Å²) in [7, 11) is 2.52. The first-order valence-corrected chi connectivity index (χ1v) is 9.98. The fourth-order valence-corrected chi connectivity index (χ4v) is 3.94. The Bertz CT molecular complexity index is 914. The van der Waals surface area contributed by atoms with Gasteiger partial charge in [0.25, 0.3) is 0 Å². The molecule has 3 rings (SSSR count). The minimum Gasteiger partial charge on any atom is -0.465 e. The van der Waals surface area contributed by atoms with E-state index in [-0.39, 0.29) is 23.5 Å². The molecule has 8 heteroatoms. The number of anilines is 2. The molecule has 0 aliphatic carbocycles. The summed E-state index contributed by atoms with van der Waals surface area (Å²) in [5, 5.41) is 0.531. The molecule has 1 aromatic rings. The molecule has 2 heterocycles. The minimum atomic E-state index is -0.664. The van der Waals surface area contributed by atoms with Crippen molar-refractivity contribution < 1.29 is 23.8 Å². The second kappa shape index (κ2) is 9.36. The molecule has 0 saturated carbocycles. The molecule has 2 unspecified atom stereocenters. The second-order valence-electron chi connectivity index (χ2n) is 7.11. The van der Waals surface area contributed by atoms with Crippen molar-refractivity contribution in [2.75, 3.05) is 37.1 Å². The van der Waals surface area contributed by atoms with Gasteiger partial charge >= 0.3 is 11.9 Å². The summed E-state index contributed by atoms with van der Waals surface area (Å²) in [6, 6.07) is 5.51. The van der Waals surface area contributed by atoms with Crippen molar-refractivity contribution in [3.8, 4) is 0 Å². The van der Waals surface area contributed by atoms with E-state index in [1.807, 2.05) is 26.0 Å². The third-order valence-corrected chi connectivity index (χ3v) is 5.16. The highest BCUT2D eigenvalue weighted by atomic mass is 35.5. The number of ether oxygens (including phenoxy) is 3. The van der Waals surface area contributed by atoms with Crippen LogP contribution in [0.5, 0.6) is 0 Å². The minimum absolute atomic E-state index is 0.0479. The molecule has 1 aromatic carbocycles. The highest BCUT2D eigenvalue weighted by Crippen LogP contribution is 2.34. The number of carbonyl (C=O) groups is 2. The molecule has 0 radical (unpaired) electrons. The maximum absolute atomic E-state index is 12.6. The van der Waals surface area contributed by atoms with E-state index in [1.165, 1.54) is 20.3 Å². The lowest BCUT2D eigenvalue weighted by Crippen LogP contribution is -2.45. The number of methoxy groups -OCH3 is 2. The van der Waals surface area contributed by atoms with Crippen molar-refractivity contribution in [1.82, 2.24) is 0 Å². The fourth-order valence-electron chi connectivity index (χ4n) is 3.64. The number of halogens is 1. The van der Waals surface area contributed by atoms with Crippen LogP contribution in [0.25, 0.3) is 0 Å². The van der Waals surface area contributed by atoms with Gasteiger partial charge in [-0.3, -0.25) is 0 Å². The Morgan fingerprint density at radius 2 is 1.73 bits per heavy atom. The van der Waals surface area contributed by atoms with Crippen LogP contribution in [0.3, 0.4) is 0 Å². The first kappa shape index (κ1) is 21.9. The second-order valence-corrected chi connectivity index (χ2v) is 7.52. The van der Waals surface area contributed by atoms with E-state index in [0.29, 0.717) is 10.7 Å². The zero-order valence-corrected chi connectivity index (χ0v) is 18.2. The van der Waals surface area contributed by atoms with E-state index in [1.54, 1.807) is 29.3 Å². The average Bonchev–Trinajstić information content (AvgIpc) is 2.94. The van der Waals surface area contributed by atoms with Gasteiger partial charge in [-0.05, 0) is 44.2 Å². The van der Waals surface area contributed by atoms with Crippen LogP contribution in [0.2, 0.25) is 5.02 Å². The Morgan fingerprint density at radius 1 is 1.07 bits per heavy atom. The van der Waals surface area contributed by atoms with E-state index in [9.17, 15) is 9.59 Å². The number of carbonyl (C=O) groups excluding carboxylic acids is 2. The zero-order chi connectivity index (χ0) is 21.8.